The lowest BCUT2D eigenvalue weighted by Gasteiger charge is -2.23. The number of aromatic nitrogens is 4. The molecule has 0 aliphatic carbocycles. The van der Waals surface area contributed by atoms with Gasteiger partial charge >= 0.3 is 5.97 Å². The van der Waals surface area contributed by atoms with Crippen molar-refractivity contribution < 1.29 is 9.90 Å². The van der Waals surface area contributed by atoms with E-state index in [2.05, 4.69) is 15.5 Å². The van der Waals surface area contributed by atoms with E-state index in [1.807, 2.05) is 18.4 Å². The Kier molecular flexibility index (Phi) is 3.16. The Hall–Kier alpha value is -1.76. The van der Waals surface area contributed by atoms with Crippen molar-refractivity contribution in [3.8, 4) is 10.7 Å². The first-order valence-electron chi connectivity index (χ1n) is 5.57. The molecule has 2 aromatic heterocycles. The molecule has 18 heavy (non-hydrogen) atoms. The van der Waals surface area contributed by atoms with Gasteiger partial charge in [-0.25, -0.2) is 9.48 Å². The van der Waals surface area contributed by atoms with Crippen molar-refractivity contribution in [2.45, 2.75) is 32.7 Å². The zero-order valence-electron chi connectivity index (χ0n) is 10.4. The molecule has 0 aliphatic rings. The average molecular weight is 266 g/mol. The molecule has 0 amide bonds. The number of rotatable bonds is 4. The van der Waals surface area contributed by atoms with E-state index in [-0.39, 0.29) is 0 Å². The Balaban J connectivity index is 2.58. The number of hydrogen-bond acceptors (Lipinski definition) is 5. The van der Waals surface area contributed by atoms with Gasteiger partial charge in [-0.15, -0.1) is 16.4 Å². The number of thiophene rings is 1. The van der Waals surface area contributed by atoms with Gasteiger partial charge in [0.2, 0.25) is 0 Å². The summed E-state index contributed by atoms with van der Waals surface area (Å²) >= 11 is 1.50. The van der Waals surface area contributed by atoms with Gasteiger partial charge in [0.15, 0.2) is 11.4 Å². The lowest BCUT2D eigenvalue weighted by molar-refractivity contribution is -0.147. The van der Waals surface area contributed by atoms with Crippen molar-refractivity contribution in [2.24, 2.45) is 0 Å². The highest BCUT2D eigenvalue weighted by Crippen LogP contribution is 2.31. The number of aryl methyl sites for hydroxylation is 1. The van der Waals surface area contributed by atoms with Crippen molar-refractivity contribution >= 4 is 17.3 Å². The molecular formula is C11H14N4O2S. The summed E-state index contributed by atoms with van der Waals surface area (Å²) in [5, 5.41) is 22.8. The lowest BCUT2D eigenvalue weighted by atomic mass is 9.99. The summed E-state index contributed by atoms with van der Waals surface area (Å²) in [6.07, 6.45) is 0.408. The minimum atomic E-state index is -1.13. The zero-order valence-corrected chi connectivity index (χ0v) is 11.2. The normalized spacial score (nSPS) is 14.4. The Bertz CT molecular complexity index is 577. The van der Waals surface area contributed by atoms with Crippen LogP contribution in [-0.4, -0.2) is 31.3 Å². The molecule has 1 atom stereocenters. The summed E-state index contributed by atoms with van der Waals surface area (Å²) in [4.78, 5) is 12.3. The molecule has 2 aromatic rings. The molecule has 7 heteroatoms. The Morgan fingerprint density at radius 1 is 1.61 bits per heavy atom. The fourth-order valence-electron chi connectivity index (χ4n) is 1.65. The van der Waals surface area contributed by atoms with Crippen LogP contribution in [0.3, 0.4) is 0 Å². The minimum Gasteiger partial charge on any atom is -0.479 e. The highest BCUT2D eigenvalue weighted by molar-refractivity contribution is 7.13. The summed E-state index contributed by atoms with van der Waals surface area (Å²) in [5.41, 5.74) is -0.0881. The fraction of sp³-hybridized carbons (Fsp3) is 0.455. The van der Waals surface area contributed by atoms with Gasteiger partial charge in [0.25, 0.3) is 0 Å². The highest BCUT2D eigenvalue weighted by Gasteiger charge is 2.37. The predicted molar refractivity (Wildman–Crippen MR) is 67.4 cm³/mol. The van der Waals surface area contributed by atoms with E-state index in [0.29, 0.717) is 12.2 Å². The maximum atomic E-state index is 11.4. The first-order chi connectivity index (χ1) is 8.50. The van der Waals surface area contributed by atoms with Crippen LogP contribution in [-0.2, 0) is 10.3 Å². The second-order valence-electron chi connectivity index (χ2n) is 4.28. The number of carbonyl (C=O) groups is 1. The van der Waals surface area contributed by atoms with E-state index >= 15 is 0 Å². The Morgan fingerprint density at radius 2 is 2.33 bits per heavy atom. The van der Waals surface area contributed by atoms with E-state index in [9.17, 15) is 9.90 Å². The zero-order chi connectivity index (χ0) is 13.3. The second kappa shape index (κ2) is 4.49. The van der Waals surface area contributed by atoms with Gasteiger partial charge < -0.3 is 5.11 Å². The topological polar surface area (TPSA) is 80.9 Å². The van der Waals surface area contributed by atoms with Crippen LogP contribution in [0.25, 0.3) is 10.7 Å². The molecule has 0 spiro atoms. The van der Waals surface area contributed by atoms with E-state index < -0.39 is 11.5 Å². The lowest BCUT2D eigenvalue weighted by Crippen LogP contribution is -2.39. The van der Waals surface area contributed by atoms with E-state index in [0.717, 1.165) is 10.4 Å². The van der Waals surface area contributed by atoms with Crippen LogP contribution in [0, 0.1) is 6.92 Å². The van der Waals surface area contributed by atoms with E-state index in [4.69, 9.17) is 0 Å². The SMILES string of the molecule is CCC(C)(C(=O)O)n1nnnc1-c1sccc1C. The molecule has 2 rings (SSSR count). The fourth-order valence-corrected chi connectivity index (χ4v) is 2.55. The molecule has 96 valence electrons. The molecule has 0 saturated carbocycles. The Labute approximate surface area is 108 Å². The smallest absolute Gasteiger partial charge is 0.331 e. The average Bonchev–Trinajstić information content (AvgIpc) is 2.95. The molecule has 1 unspecified atom stereocenters. The highest BCUT2D eigenvalue weighted by atomic mass is 32.1. The summed E-state index contributed by atoms with van der Waals surface area (Å²) < 4.78 is 1.40. The Morgan fingerprint density at radius 3 is 2.83 bits per heavy atom. The third-order valence-corrected chi connectivity index (χ3v) is 4.16. The second-order valence-corrected chi connectivity index (χ2v) is 5.20. The molecule has 2 heterocycles. The van der Waals surface area contributed by atoms with Crippen molar-refractivity contribution in [1.29, 1.82) is 0 Å². The van der Waals surface area contributed by atoms with Crippen LogP contribution in [0.1, 0.15) is 25.8 Å². The third-order valence-electron chi connectivity index (χ3n) is 3.15. The van der Waals surface area contributed by atoms with Gasteiger partial charge in [-0.05, 0) is 47.7 Å². The molecule has 0 fully saturated rings. The van der Waals surface area contributed by atoms with Crippen molar-refractivity contribution in [2.75, 3.05) is 0 Å². The van der Waals surface area contributed by atoms with Gasteiger partial charge in [-0.1, -0.05) is 6.92 Å². The monoisotopic (exact) mass is 266 g/mol. The van der Waals surface area contributed by atoms with Gasteiger partial charge in [-0.3, -0.25) is 0 Å². The molecular weight excluding hydrogens is 252 g/mol. The van der Waals surface area contributed by atoms with Crippen LogP contribution in [0.15, 0.2) is 11.4 Å². The maximum absolute atomic E-state index is 11.4. The van der Waals surface area contributed by atoms with E-state index in [1.165, 1.54) is 16.0 Å². The number of hydrogen-bond donors (Lipinski definition) is 1. The molecule has 1 N–H and O–H groups in total. The molecule has 0 radical (unpaired) electrons. The van der Waals surface area contributed by atoms with Gasteiger partial charge in [0.1, 0.15) is 0 Å². The summed E-state index contributed by atoms with van der Waals surface area (Å²) in [6, 6.07) is 1.96. The summed E-state index contributed by atoms with van der Waals surface area (Å²) in [7, 11) is 0. The van der Waals surface area contributed by atoms with Gasteiger partial charge in [0, 0.05) is 0 Å². The number of aliphatic carboxylic acids is 1. The quantitative estimate of drug-likeness (QED) is 0.914. The number of nitrogens with zero attached hydrogens (tertiary/aromatic N) is 4. The number of carboxylic acid groups (broad SMARTS) is 1. The first kappa shape index (κ1) is 12.7. The number of tetrazole rings is 1. The van der Waals surface area contributed by atoms with Crippen LogP contribution in [0.4, 0.5) is 0 Å². The predicted octanol–water partition coefficient (Wildman–Crippen LogP) is 1.92. The van der Waals surface area contributed by atoms with Crippen molar-refractivity contribution in [1.82, 2.24) is 20.2 Å². The molecule has 0 bridgehead atoms. The van der Waals surface area contributed by atoms with Crippen LogP contribution >= 0.6 is 11.3 Å². The molecule has 0 saturated heterocycles. The summed E-state index contributed by atoms with van der Waals surface area (Å²) in [6.45, 7) is 5.38. The van der Waals surface area contributed by atoms with Crippen LogP contribution < -0.4 is 0 Å². The minimum absolute atomic E-state index is 0.408. The van der Waals surface area contributed by atoms with Crippen molar-refractivity contribution in [3.63, 3.8) is 0 Å². The van der Waals surface area contributed by atoms with Gasteiger partial charge in [-0.2, -0.15) is 0 Å². The van der Waals surface area contributed by atoms with Crippen molar-refractivity contribution in [3.05, 3.63) is 17.0 Å². The standard InChI is InChI=1S/C11H14N4O2S/c1-4-11(3,10(16)17)15-9(12-13-14-15)8-7(2)5-6-18-8/h5-6H,4H2,1-3H3,(H,16,17). The summed E-state index contributed by atoms with van der Waals surface area (Å²) in [5.74, 6) is -0.429. The van der Waals surface area contributed by atoms with Crippen LogP contribution in [0.5, 0.6) is 0 Å². The number of carboxylic acids is 1. The molecule has 0 aromatic carbocycles. The largest absolute Gasteiger partial charge is 0.479 e. The third kappa shape index (κ3) is 1.80. The maximum Gasteiger partial charge on any atom is 0.331 e. The molecule has 0 aliphatic heterocycles. The first-order valence-corrected chi connectivity index (χ1v) is 6.45. The molecule has 6 nitrogen and oxygen atoms in total. The van der Waals surface area contributed by atoms with Crippen LogP contribution in [0.2, 0.25) is 0 Å². The van der Waals surface area contributed by atoms with E-state index in [1.54, 1.807) is 13.8 Å². The van der Waals surface area contributed by atoms with Gasteiger partial charge in [0.05, 0.1) is 4.88 Å².